The van der Waals surface area contributed by atoms with Gasteiger partial charge >= 0.3 is 0 Å². The molecule has 0 aromatic carbocycles. The second kappa shape index (κ2) is 5.90. The Hall–Kier alpha value is -2.30. The van der Waals surface area contributed by atoms with Crippen molar-refractivity contribution in [3.63, 3.8) is 0 Å². The largest absolute Gasteiger partial charge is 0.349 e. The van der Waals surface area contributed by atoms with Gasteiger partial charge < -0.3 is 5.32 Å². The summed E-state index contributed by atoms with van der Waals surface area (Å²) in [5.74, 6) is 0.825. The van der Waals surface area contributed by atoms with Crippen LogP contribution in [-0.4, -0.2) is 20.9 Å². The molecule has 2 heterocycles. The Morgan fingerprint density at radius 3 is 2.28 bits per heavy atom. The zero-order valence-electron chi connectivity index (χ0n) is 15.8. The number of aryl methyl sites for hydroxylation is 1. The molecule has 25 heavy (non-hydrogen) atoms. The van der Waals surface area contributed by atoms with Crippen molar-refractivity contribution in [3.05, 3.63) is 42.0 Å². The van der Waals surface area contributed by atoms with Gasteiger partial charge in [0.05, 0.1) is 6.04 Å². The minimum atomic E-state index is -0.119. The van der Waals surface area contributed by atoms with Gasteiger partial charge in [-0.05, 0) is 36.8 Å². The van der Waals surface area contributed by atoms with Gasteiger partial charge in [-0.15, -0.1) is 0 Å². The van der Waals surface area contributed by atoms with Crippen molar-refractivity contribution in [2.45, 2.75) is 47.6 Å². The molecule has 1 fully saturated rings. The highest BCUT2D eigenvalue weighted by molar-refractivity contribution is 5.84. The van der Waals surface area contributed by atoms with Crippen molar-refractivity contribution < 1.29 is 4.79 Å². The normalized spacial score (nSPS) is 19.3. The minimum Gasteiger partial charge on any atom is -0.349 e. The molecule has 1 amide bonds. The molecule has 3 rings (SSSR count). The summed E-state index contributed by atoms with van der Waals surface area (Å²) in [5, 5.41) is 3.14. The zero-order valence-corrected chi connectivity index (χ0v) is 15.8. The molecule has 5 heteroatoms. The molecule has 5 nitrogen and oxygen atoms in total. The van der Waals surface area contributed by atoms with Gasteiger partial charge in [0.25, 0.3) is 0 Å². The Kier molecular flexibility index (Phi) is 4.13. The molecule has 2 aromatic rings. The van der Waals surface area contributed by atoms with Gasteiger partial charge in [-0.25, -0.2) is 9.97 Å². The number of rotatable bonds is 4. The van der Waals surface area contributed by atoms with E-state index >= 15 is 0 Å². The minimum absolute atomic E-state index is 0.0353. The van der Waals surface area contributed by atoms with Crippen LogP contribution in [0, 0.1) is 23.7 Å². The van der Waals surface area contributed by atoms with Crippen LogP contribution >= 0.6 is 0 Å². The topological polar surface area (TPSA) is 67.8 Å². The summed E-state index contributed by atoms with van der Waals surface area (Å²) in [6.45, 7) is 12.5. The smallest absolute Gasteiger partial charge is 0.224 e. The highest BCUT2D eigenvalue weighted by atomic mass is 16.2. The molecule has 132 valence electrons. The van der Waals surface area contributed by atoms with Gasteiger partial charge in [-0.1, -0.05) is 27.7 Å². The predicted octanol–water partition coefficient (Wildman–Crippen LogP) is 3.71. The maximum Gasteiger partial charge on any atom is 0.224 e. The fourth-order valence-corrected chi connectivity index (χ4v) is 3.77. The molecule has 1 aliphatic rings. The first kappa shape index (κ1) is 17.5. The zero-order chi connectivity index (χ0) is 18.4. The first-order valence-electron chi connectivity index (χ1n) is 8.70. The Labute approximate surface area is 149 Å². The second-order valence-corrected chi connectivity index (χ2v) is 8.08. The third-order valence-electron chi connectivity index (χ3n) is 6.06. The lowest BCUT2D eigenvalue weighted by Gasteiger charge is -2.17. The maximum atomic E-state index is 12.7. The van der Waals surface area contributed by atoms with Crippen LogP contribution in [0.2, 0.25) is 0 Å². The Bertz CT molecular complexity index is 785. The van der Waals surface area contributed by atoms with Gasteiger partial charge in [0.2, 0.25) is 5.91 Å². The fraction of sp³-hybridized carbons (Fsp3) is 0.500. The lowest BCUT2D eigenvalue weighted by Crippen LogP contribution is -2.30. The van der Waals surface area contributed by atoms with Crippen molar-refractivity contribution in [1.82, 2.24) is 20.3 Å². The first-order chi connectivity index (χ1) is 11.7. The second-order valence-electron chi connectivity index (χ2n) is 8.08. The van der Waals surface area contributed by atoms with E-state index in [-0.39, 0.29) is 28.7 Å². The summed E-state index contributed by atoms with van der Waals surface area (Å²) in [6.07, 6.45) is 5.26. The summed E-state index contributed by atoms with van der Waals surface area (Å²) in [5.41, 5.74) is 2.83. The van der Waals surface area contributed by atoms with Crippen molar-refractivity contribution >= 4 is 5.91 Å². The summed E-state index contributed by atoms with van der Waals surface area (Å²) < 4.78 is 0. The van der Waals surface area contributed by atoms with E-state index in [1.165, 1.54) is 0 Å². The Balaban J connectivity index is 1.75. The van der Waals surface area contributed by atoms with E-state index in [2.05, 4.69) is 48.0 Å². The van der Waals surface area contributed by atoms with Gasteiger partial charge in [-0.3, -0.25) is 9.78 Å². The number of hydrogen-bond donors (Lipinski definition) is 1. The third-order valence-corrected chi connectivity index (χ3v) is 6.06. The molecular weight excluding hydrogens is 312 g/mol. The number of pyridine rings is 1. The fourth-order valence-electron chi connectivity index (χ4n) is 3.77. The number of amides is 1. The van der Waals surface area contributed by atoms with E-state index in [1.807, 2.05) is 32.2 Å². The van der Waals surface area contributed by atoms with Crippen LogP contribution in [-0.2, 0) is 4.79 Å². The molecule has 1 N–H and O–H groups in total. The van der Waals surface area contributed by atoms with Gasteiger partial charge in [-0.2, -0.15) is 0 Å². The maximum absolute atomic E-state index is 12.7. The van der Waals surface area contributed by atoms with Gasteiger partial charge in [0, 0.05) is 41.3 Å². The average Bonchev–Trinajstić information content (AvgIpc) is 2.97. The van der Waals surface area contributed by atoms with Crippen LogP contribution in [0.25, 0.3) is 11.4 Å². The highest BCUT2D eigenvalue weighted by Gasteiger charge is 2.68. The van der Waals surface area contributed by atoms with Crippen molar-refractivity contribution in [2.24, 2.45) is 16.7 Å². The van der Waals surface area contributed by atoms with E-state index < -0.39 is 0 Å². The van der Waals surface area contributed by atoms with E-state index in [1.54, 1.807) is 12.4 Å². The lowest BCUT2D eigenvalue weighted by molar-refractivity contribution is -0.124. The molecule has 2 aromatic heterocycles. The van der Waals surface area contributed by atoms with Crippen LogP contribution < -0.4 is 5.32 Å². The van der Waals surface area contributed by atoms with E-state index in [4.69, 9.17) is 0 Å². The third kappa shape index (κ3) is 2.92. The highest BCUT2D eigenvalue weighted by Crippen LogP contribution is 2.68. The average molecular weight is 338 g/mol. The van der Waals surface area contributed by atoms with Crippen molar-refractivity contribution in [1.29, 1.82) is 0 Å². The molecule has 1 atom stereocenters. The molecule has 0 unspecified atom stereocenters. The van der Waals surface area contributed by atoms with Crippen LogP contribution in [0.3, 0.4) is 0 Å². The van der Waals surface area contributed by atoms with E-state index in [0.29, 0.717) is 5.82 Å². The number of nitrogens with one attached hydrogen (secondary N) is 1. The summed E-state index contributed by atoms with van der Waals surface area (Å²) in [6, 6.07) is 3.65. The summed E-state index contributed by atoms with van der Waals surface area (Å²) in [7, 11) is 0. The number of hydrogen-bond acceptors (Lipinski definition) is 4. The standard InChI is InChI=1S/C20H26N4O/c1-12-15(11-22-17(23-12)14-7-9-21-10-8-14)13(2)24-18(25)16-19(3,4)20(16,5)6/h7-11,13,16H,1-6H3,(H,24,25)/t13-/m1/s1. The molecule has 1 aliphatic carbocycles. The van der Waals surface area contributed by atoms with Gasteiger partial charge in [0.15, 0.2) is 5.82 Å². The molecule has 0 spiro atoms. The molecule has 0 saturated heterocycles. The Morgan fingerprint density at radius 2 is 1.76 bits per heavy atom. The molecular formula is C20H26N4O. The SMILES string of the molecule is Cc1nc(-c2ccncc2)ncc1[C@@H](C)NC(=O)C1C(C)(C)C1(C)C. The monoisotopic (exact) mass is 338 g/mol. The number of aromatic nitrogens is 3. The van der Waals surface area contributed by atoms with Crippen LogP contribution in [0.4, 0.5) is 0 Å². The quantitative estimate of drug-likeness (QED) is 0.923. The number of carbonyl (C=O) groups excluding carboxylic acids is 1. The van der Waals surface area contributed by atoms with E-state index in [9.17, 15) is 4.79 Å². The van der Waals surface area contributed by atoms with Gasteiger partial charge in [0.1, 0.15) is 0 Å². The Morgan fingerprint density at radius 1 is 1.16 bits per heavy atom. The number of carbonyl (C=O) groups is 1. The van der Waals surface area contributed by atoms with Crippen LogP contribution in [0.15, 0.2) is 30.7 Å². The van der Waals surface area contributed by atoms with E-state index in [0.717, 1.165) is 16.8 Å². The molecule has 0 radical (unpaired) electrons. The summed E-state index contributed by atoms with van der Waals surface area (Å²) >= 11 is 0. The number of nitrogens with zero attached hydrogens (tertiary/aromatic N) is 3. The first-order valence-corrected chi connectivity index (χ1v) is 8.70. The molecule has 0 aliphatic heterocycles. The van der Waals surface area contributed by atoms with Crippen LogP contribution in [0.1, 0.15) is 51.9 Å². The van der Waals surface area contributed by atoms with Crippen molar-refractivity contribution in [3.8, 4) is 11.4 Å². The molecule has 0 bridgehead atoms. The predicted molar refractivity (Wildman–Crippen MR) is 97.6 cm³/mol. The lowest BCUT2D eigenvalue weighted by atomic mass is 10.0. The summed E-state index contributed by atoms with van der Waals surface area (Å²) in [4.78, 5) is 25.7. The van der Waals surface area contributed by atoms with Crippen LogP contribution in [0.5, 0.6) is 0 Å². The molecule has 1 saturated carbocycles. The van der Waals surface area contributed by atoms with Crippen molar-refractivity contribution in [2.75, 3.05) is 0 Å².